The monoisotopic (exact) mass is 283 g/mol. The molecule has 116 valence electrons. The Morgan fingerprint density at radius 3 is 2.25 bits per heavy atom. The molecule has 2 N–H and O–H groups in total. The van der Waals surface area contributed by atoms with Crippen LogP contribution in [0.4, 0.5) is 4.79 Å². The fourth-order valence-corrected chi connectivity index (χ4v) is 2.74. The molecule has 0 radical (unpaired) electrons. The van der Waals surface area contributed by atoms with E-state index in [1.165, 1.54) is 19.3 Å². The Hall–Kier alpha value is -0.810. The molecule has 0 spiro atoms. The molecule has 1 aliphatic heterocycles. The molecule has 0 atom stereocenters. The van der Waals surface area contributed by atoms with Crippen molar-refractivity contribution in [3.63, 3.8) is 0 Å². The van der Waals surface area contributed by atoms with E-state index in [1.54, 1.807) is 0 Å². The number of nitrogens with zero attached hydrogens (tertiary/aromatic N) is 2. The number of hydrogen-bond donors (Lipinski definition) is 1. The lowest BCUT2D eigenvalue weighted by Gasteiger charge is -2.41. The van der Waals surface area contributed by atoms with E-state index in [0.29, 0.717) is 0 Å². The SMILES string of the molecule is CC(C)(C)OC(=O)N1CCN(CCC2(N)CCC2)CC1. The van der Waals surface area contributed by atoms with Crippen LogP contribution in [0.2, 0.25) is 0 Å². The first-order valence-electron chi connectivity index (χ1n) is 7.77. The van der Waals surface area contributed by atoms with Crippen LogP contribution < -0.4 is 5.73 Å². The highest BCUT2D eigenvalue weighted by atomic mass is 16.6. The molecule has 0 unspecified atom stereocenters. The van der Waals surface area contributed by atoms with E-state index in [2.05, 4.69) is 4.90 Å². The van der Waals surface area contributed by atoms with Gasteiger partial charge in [-0.2, -0.15) is 0 Å². The van der Waals surface area contributed by atoms with Gasteiger partial charge < -0.3 is 15.4 Å². The van der Waals surface area contributed by atoms with Crippen molar-refractivity contribution in [1.82, 2.24) is 9.80 Å². The van der Waals surface area contributed by atoms with Gasteiger partial charge in [0.25, 0.3) is 0 Å². The van der Waals surface area contributed by atoms with Gasteiger partial charge in [-0.3, -0.25) is 4.90 Å². The van der Waals surface area contributed by atoms with Crippen LogP contribution in [-0.4, -0.2) is 59.8 Å². The summed E-state index contributed by atoms with van der Waals surface area (Å²) in [7, 11) is 0. The molecule has 2 rings (SSSR count). The van der Waals surface area contributed by atoms with Crippen molar-refractivity contribution < 1.29 is 9.53 Å². The van der Waals surface area contributed by atoms with Gasteiger partial charge in [-0.05, 0) is 46.5 Å². The van der Waals surface area contributed by atoms with Crippen molar-refractivity contribution in [3.05, 3.63) is 0 Å². The molecule has 5 nitrogen and oxygen atoms in total. The van der Waals surface area contributed by atoms with Crippen LogP contribution in [0.3, 0.4) is 0 Å². The van der Waals surface area contributed by atoms with Crippen LogP contribution in [0.25, 0.3) is 0 Å². The summed E-state index contributed by atoms with van der Waals surface area (Å²) in [6.45, 7) is 10.1. The first-order chi connectivity index (χ1) is 9.27. The lowest BCUT2D eigenvalue weighted by atomic mass is 9.75. The second kappa shape index (κ2) is 5.90. The van der Waals surface area contributed by atoms with Gasteiger partial charge in [0.05, 0.1) is 0 Å². The topological polar surface area (TPSA) is 58.8 Å². The second-order valence-corrected chi connectivity index (χ2v) is 7.27. The molecular formula is C15H29N3O2. The third kappa shape index (κ3) is 4.35. The first-order valence-corrected chi connectivity index (χ1v) is 7.77. The Kier molecular flexibility index (Phi) is 4.59. The lowest BCUT2D eigenvalue weighted by Crippen LogP contribution is -2.53. The fraction of sp³-hybridized carbons (Fsp3) is 0.933. The predicted octanol–water partition coefficient (Wildman–Crippen LogP) is 1.81. The average Bonchev–Trinajstić information content (AvgIpc) is 2.32. The zero-order valence-corrected chi connectivity index (χ0v) is 13.2. The Morgan fingerprint density at radius 2 is 1.80 bits per heavy atom. The zero-order valence-electron chi connectivity index (χ0n) is 13.2. The normalized spacial score (nSPS) is 23.3. The molecule has 0 aromatic carbocycles. The van der Waals surface area contributed by atoms with Crippen LogP contribution >= 0.6 is 0 Å². The largest absolute Gasteiger partial charge is 0.444 e. The molecule has 1 saturated heterocycles. The van der Waals surface area contributed by atoms with Crippen molar-refractivity contribution in [2.75, 3.05) is 32.7 Å². The molecule has 0 aromatic rings. The van der Waals surface area contributed by atoms with Gasteiger partial charge in [0.2, 0.25) is 0 Å². The van der Waals surface area contributed by atoms with Gasteiger partial charge in [-0.25, -0.2) is 4.79 Å². The summed E-state index contributed by atoms with van der Waals surface area (Å²) in [5.41, 5.74) is 5.94. The van der Waals surface area contributed by atoms with Crippen molar-refractivity contribution in [2.24, 2.45) is 5.73 Å². The lowest BCUT2D eigenvalue weighted by molar-refractivity contribution is 0.0135. The van der Waals surface area contributed by atoms with Gasteiger partial charge in [0, 0.05) is 38.3 Å². The van der Waals surface area contributed by atoms with Gasteiger partial charge >= 0.3 is 6.09 Å². The smallest absolute Gasteiger partial charge is 0.410 e. The fourth-order valence-electron chi connectivity index (χ4n) is 2.74. The molecule has 20 heavy (non-hydrogen) atoms. The summed E-state index contributed by atoms with van der Waals surface area (Å²) in [6.07, 6.45) is 4.52. The van der Waals surface area contributed by atoms with E-state index in [9.17, 15) is 4.79 Å². The first kappa shape index (κ1) is 15.6. The molecule has 5 heteroatoms. The van der Waals surface area contributed by atoms with Crippen LogP contribution in [-0.2, 0) is 4.74 Å². The number of carbonyl (C=O) groups excluding carboxylic acids is 1. The number of nitrogens with two attached hydrogens (primary N) is 1. The van der Waals surface area contributed by atoms with Crippen molar-refractivity contribution >= 4 is 6.09 Å². The molecule has 1 saturated carbocycles. The summed E-state index contributed by atoms with van der Waals surface area (Å²) < 4.78 is 5.40. The van der Waals surface area contributed by atoms with Crippen LogP contribution in [0, 0.1) is 0 Å². The summed E-state index contributed by atoms with van der Waals surface area (Å²) in [4.78, 5) is 16.2. The number of piperazine rings is 1. The molecule has 1 amide bonds. The van der Waals surface area contributed by atoms with Crippen LogP contribution in [0.1, 0.15) is 46.5 Å². The van der Waals surface area contributed by atoms with Crippen LogP contribution in [0.15, 0.2) is 0 Å². The number of hydrogen-bond acceptors (Lipinski definition) is 4. The highest BCUT2D eigenvalue weighted by molar-refractivity contribution is 5.68. The Labute approximate surface area is 122 Å². The summed E-state index contributed by atoms with van der Waals surface area (Å²) in [6, 6.07) is 0. The molecule has 2 aliphatic rings. The van der Waals surface area contributed by atoms with E-state index in [-0.39, 0.29) is 11.6 Å². The summed E-state index contributed by atoms with van der Waals surface area (Å²) in [5, 5.41) is 0. The maximum atomic E-state index is 12.0. The van der Waals surface area contributed by atoms with E-state index >= 15 is 0 Å². The minimum atomic E-state index is -0.412. The molecule has 0 aromatic heterocycles. The maximum absolute atomic E-state index is 12.0. The molecule has 0 bridgehead atoms. The molecular weight excluding hydrogens is 254 g/mol. The van der Waals surface area contributed by atoms with E-state index < -0.39 is 5.60 Å². The third-order valence-electron chi connectivity index (χ3n) is 4.30. The minimum absolute atomic E-state index is 0.0995. The van der Waals surface area contributed by atoms with Crippen molar-refractivity contribution in [2.45, 2.75) is 57.6 Å². The quantitative estimate of drug-likeness (QED) is 0.858. The van der Waals surface area contributed by atoms with Crippen molar-refractivity contribution in [1.29, 1.82) is 0 Å². The van der Waals surface area contributed by atoms with E-state index in [1.807, 2.05) is 25.7 Å². The van der Waals surface area contributed by atoms with E-state index in [0.717, 1.165) is 39.1 Å². The second-order valence-electron chi connectivity index (χ2n) is 7.27. The summed E-state index contributed by atoms with van der Waals surface area (Å²) in [5.74, 6) is 0. The van der Waals surface area contributed by atoms with Gasteiger partial charge in [-0.1, -0.05) is 0 Å². The summed E-state index contributed by atoms with van der Waals surface area (Å²) >= 11 is 0. The maximum Gasteiger partial charge on any atom is 0.410 e. The average molecular weight is 283 g/mol. The third-order valence-corrected chi connectivity index (χ3v) is 4.30. The zero-order chi connectivity index (χ0) is 14.8. The highest BCUT2D eigenvalue weighted by Gasteiger charge is 2.33. The highest BCUT2D eigenvalue weighted by Crippen LogP contribution is 2.32. The predicted molar refractivity (Wildman–Crippen MR) is 79.6 cm³/mol. The number of ether oxygens (including phenoxy) is 1. The number of carbonyl (C=O) groups is 1. The number of rotatable bonds is 3. The Morgan fingerprint density at radius 1 is 1.20 bits per heavy atom. The van der Waals surface area contributed by atoms with Gasteiger partial charge in [-0.15, -0.1) is 0 Å². The van der Waals surface area contributed by atoms with Gasteiger partial charge in [0.1, 0.15) is 5.60 Å². The Balaban J connectivity index is 1.68. The Bertz CT molecular complexity index is 340. The molecule has 1 aliphatic carbocycles. The van der Waals surface area contributed by atoms with Gasteiger partial charge in [0.15, 0.2) is 0 Å². The molecule has 1 heterocycles. The number of amides is 1. The van der Waals surface area contributed by atoms with Crippen LogP contribution in [0.5, 0.6) is 0 Å². The standard InChI is InChI=1S/C15H29N3O2/c1-14(2,3)20-13(19)18-11-9-17(10-12-18)8-7-15(16)5-4-6-15/h4-12,16H2,1-3H3. The minimum Gasteiger partial charge on any atom is -0.444 e. The van der Waals surface area contributed by atoms with E-state index in [4.69, 9.17) is 10.5 Å². The van der Waals surface area contributed by atoms with Crippen molar-refractivity contribution in [3.8, 4) is 0 Å². The molecule has 2 fully saturated rings.